The molecule has 0 aliphatic heterocycles. The Morgan fingerprint density at radius 2 is 1.76 bits per heavy atom. The van der Waals surface area contributed by atoms with Gasteiger partial charge in [-0.05, 0) is 61.5 Å². The fraction of sp³-hybridized carbons (Fsp3) is 0.600. The van der Waals surface area contributed by atoms with Crippen LogP contribution in [0.4, 0.5) is 0 Å². The fourth-order valence-electron chi connectivity index (χ4n) is 2.57. The Bertz CT molecular complexity index is 325. The van der Waals surface area contributed by atoms with Gasteiger partial charge in [0.25, 0.3) is 0 Å². The maximum Gasteiger partial charge on any atom is 0.0540 e. The third-order valence-corrected chi connectivity index (χ3v) is 4.47. The van der Waals surface area contributed by atoms with Crippen LogP contribution in [0.3, 0.4) is 0 Å². The van der Waals surface area contributed by atoms with Crippen LogP contribution in [0.5, 0.6) is 0 Å². The van der Waals surface area contributed by atoms with Crippen molar-refractivity contribution >= 4 is 11.8 Å². The third kappa shape index (κ3) is 4.04. The van der Waals surface area contributed by atoms with Gasteiger partial charge in [0.1, 0.15) is 0 Å². The molecule has 0 heterocycles. The largest absolute Gasteiger partial charge is 0.393 e. The monoisotopic (exact) mass is 250 g/mol. The topological polar surface area (TPSA) is 20.2 Å². The first kappa shape index (κ1) is 13.0. The predicted octanol–water partition coefficient (Wildman–Crippen LogP) is 3.89. The zero-order chi connectivity index (χ0) is 12.1. The Balaban J connectivity index is 1.86. The summed E-state index contributed by atoms with van der Waals surface area (Å²) in [7, 11) is 0. The van der Waals surface area contributed by atoms with Crippen LogP contribution in [0.15, 0.2) is 29.2 Å². The normalized spacial score (nSPS) is 24.8. The van der Waals surface area contributed by atoms with Gasteiger partial charge in [0.15, 0.2) is 0 Å². The molecule has 0 unspecified atom stereocenters. The van der Waals surface area contributed by atoms with Crippen molar-refractivity contribution in [3.8, 4) is 0 Å². The van der Waals surface area contributed by atoms with Crippen molar-refractivity contribution in [2.75, 3.05) is 5.75 Å². The van der Waals surface area contributed by atoms with Crippen molar-refractivity contribution in [3.05, 3.63) is 29.8 Å². The van der Waals surface area contributed by atoms with Crippen molar-refractivity contribution in [3.63, 3.8) is 0 Å². The van der Waals surface area contributed by atoms with Gasteiger partial charge in [-0.2, -0.15) is 0 Å². The Hall–Kier alpha value is -0.470. The standard InChI is InChI=1S/C15H22OS/c1-2-17-15-9-5-13(6-10-15)11-12-3-7-14(16)8-4-12/h5-6,9-10,12,14,16H,2-4,7-8,11H2,1H3. The molecule has 1 aliphatic rings. The average Bonchev–Trinajstić information content (AvgIpc) is 2.35. The number of thioether (sulfide) groups is 1. The molecule has 94 valence electrons. The van der Waals surface area contributed by atoms with Crippen molar-refractivity contribution in [1.82, 2.24) is 0 Å². The minimum absolute atomic E-state index is 0.0328. The second-order valence-electron chi connectivity index (χ2n) is 4.96. The van der Waals surface area contributed by atoms with E-state index in [4.69, 9.17) is 0 Å². The summed E-state index contributed by atoms with van der Waals surface area (Å²) in [5, 5.41) is 9.49. The van der Waals surface area contributed by atoms with Crippen LogP contribution in [0.25, 0.3) is 0 Å². The highest BCUT2D eigenvalue weighted by molar-refractivity contribution is 7.99. The van der Waals surface area contributed by atoms with Crippen molar-refractivity contribution in [2.45, 2.75) is 50.0 Å². The molecule has 1 saturated carbocycles. The van der Waals surface area contributed by atoms with Gasteiger partial charge in [-0.15, -0.1) is 11.8 Å². The fourth-order valence-corrected chi connectivity index (χ4v) is 3.23. The van der Waals surface area contributed by atoms with Crippen LogP contribution < -0.4 is 0 Å². The summed E-state index contributed by atoms with van der Waals surface area (Å²) < 4.78 is 0. The molecule has 0 radical (unpaired) electrons. The quantitative estimate of drug-likeness (QED) is 0.818. The first-order valence-corrected chi connectivity index (χ1v) is 7.66. The molecule has 0 spiro atoms. The first-order chi connectivity index (χ1) is 8.28. The molecule has 0 atom stereocenters. The lowest BCUT2D eigenvalue weighted by molar-refractivity contribution is 0.109. The molecule has 0 amide bonds. The lowest BCUT2D eigenvalue weighted by Crippen LogP contribution is -2.19. The molecule has 1 aromatic carbocycles. The Kier molecular flexibility index (Phi) is 4.93. The van der Waals surface area contributed by atoms with Gasteiger partial charge in [0.2, 0.25) is 0 Å². The van der Waals surface area contributed by atoms with Crippen LogP contribution in [0.1, 0.15) is 38.2 Å². The summed E-state index contributed by atoms with van der Waals surface area (Å²) >= 11 is 1.90. The number of hydrogen-bond acceptors (Lipinski definition) is 2. The summed E-state index contributed by atoms with van der Waals surface area (Å²) in [5.41, 5.74) is 1.45. The SMILES string of the molecule is CCSc1ccc(CC2CCC(O)CC2)cc1. The van der Waals surface area contributed by atoms with E-state index in [0.717, 1.165) is 24.5 Å². The molecule has 2 heteroatoms. The van der Waals surface area contributed by atoms with Gasteiger partial charge in [-0.25, -0.2) is 0 Å². The van der Waals surface area contributed by atoms with E-state index in [-0.39, 0.29) is 6.10 Å². The summed E-state index contributed by atoms with van der Waals surface area (Å²) in [6.07, 6.45) is 5.51. The molecule has 1 aromatic rings. The summed E-state index contributed by atoms with van der Waals surface area (Å²) in [6, 6.07) is 9.01. The van der Waals surface area contributed by atoms with Crippen molar-refractivity contribution in [2.24, 2.45) is 5.92 Å². The Morgan fingerprint density at radius 3 is 2.35 bits per heavy atom. The molecule has 1 fully saturated rings. The van der Waals surface area contributed by atoms with Gasteiger partial charge in [-0.1, -0.05) is 19.1 Å². The number of hydrogen-bond donors (Lipinski definition) is 1. The van der Waals surface area contributed by atoms with E-state index in [1.54, 1.807) is 0 Å². The molecule has 2 rings (SSSR count). The molecule has 0 aromatic heterocycles. The number of rotatable bonds is 4. The van der Waals surface area contributed by atoms with E-state index in [1.807, 2.05) is 11.8 Å². The number of aliphatic hydroxyl groups is 1. The molecular formula is C15H22OS. The molecule has 1 nitrogen and oxygen atoms in total. The maximum absolute atomic E-state index is 9.49. The highest BCUT2D eigenvalue weighted by Gasteiger charge is 2.19. The smallest absolute Gasteiger partial charge is 0.0540 e. The van der Waals surface area contributed by atoms with E-state index in [2.05, 4.69) is 31.2 Å². The van der Waals surface area contributed by atoms with Gasteiger partial charge >= 0.3 is 0 Å². The third-order valence-electron chi connectivity index (χ3n) is 3.58. The van der Waals surface area contributed by atoms with Gasteiger partial charge in [0.05, 0.1) is 6.10 Å². The Morgan fingerprint density at radius 1 is 1.12 bits per heavy atom. The summed E-state index contributed by atoms with van der Waals surface area (Å²) in [5.74, 6) is 1.92. The van der Waals surface area contributed by atoms with E-state index in [0.29, 0.717) is 0 Å². The highest BCUT2D eigenvalue weighted by Crippen LogP contribution is 2.28. The van der Waals surface area contributed by atoms with Crippen molar-refractivity contribution < 1.29 is 5.11 Å². The van der Waals surface area contributed by atoms with E-state index >= 15 is 0 Å². The lowest BCUT2D eigenvalue weighted by Gasteiger charge is -2.25. The molecule has 1 N–H and O–H groups in total. The minimum atomic E-state index is -0.0328. The molecule has 17 heavy (non-hydrogen) atoms. The van der Waals surface area contributed by atoms with Crippen LogP contribution >= 0.6 is 11.8 Å². The van der Waals surface area contributed by atoms with Gasteiger partial charge in [-0.3, -0.25) is 0 Å². The zero-order valence-corrected chi connectivity index (χ0v) is 11.4. The van der Waals surface area contributed by atoms with Crippen LogP contribution in [-0.2, 0) is 6.42 Å². The van der Waals surface area contributed by atoms with Gasteiger partial charge < -0.3 is 5.11 Å². The van der Waals surface area contributed by atoms with E-state index < -0.39 is 0 Å². The second kappa shape index (κ2) is 6.46. The number of benzene rings is 1. The highest BCUT2D eigenvalue weighted by atomic mass is 32.2. The molecular weight excluding hydrogens is 228 g/mol. The predicted molar refractivity (Wildman–Crippen MR) is 74.5 cm³/mol. The first-order valence-electron chi connectivity index (χ1n) is 6.67. The minimum Gasteiger partial charge on any atom is -0.393 e. The van der Waals surface area contributed by atoms with E-state index in [1.165, 1.54) is 29.7 Å². The Labute approximate surface area is 109 Å². The van der Waals surface area contributed by atoms with Crippen LogP contribution in [0.2, 0.25) is 0 Å². The number of aliphatic hydroxyl groups excluding tert-OH is 1. The summed E-state index contributed by atoms with van der Waals surface area (Å²) in [6.45, 7) is 2.19. The molecule has 1 aliphatic carbocycles. The average molecular weight is 250 g/mol. The molecule has 0 saturated heterocycles. The molecule has 0 bridgehead atoms. The van der Waals surface area contributed by atoms with Crippen LogP contribution in [-0.4, -0.2) is 17.0 Å². The van der Waals surface area contributed by atoms with Crippen LogP contribution in [0, 0.1) is 5.92 Å². The van der Waals surface area contributed by atoms with Crippen molar-refractivity contribution in [1.29, 1.82) is 0 Å². The lowest BCUT2D eigenvalue weighted by atomic mass is 9.83. The maximum atomic E-state index is 9.49. The van der Waals surface area contributed by atoms with Gasteiger partial charge in [0, 0.05) is 4.90 Å². The van der Waals surface area contributed by atoms with E-state index in [9.17, 15) is 5.11 Å². The zero-order valence-electron chi connectivity index (χ0n) is 10.6. The second-order valence-corrected chi connectivity index (χ2v) is 6.29. The summed E-state index contributed by atoms with van der Waals surface area (Å²) in [4.78, 5) is 1.37.